The van der Waals surface area contributed by atoms with Crippen LogP contribution >= 0.6 is 11.6 Å². The molecule has 0 aliphatic heterocycles. The maximum Gasteiger partial charge on any atom is 0.418 e. The van der Waals surface area contributed by atoms with Gasteiger partial charge in [-0.05, 0) is 30.3 Å². The molecule has 0 amide bonds. The summed E-state index contributed by atoms with van der Waals surface area (Å²) in [6.45, 7) is -1.36. The number of pyridine rings is 1. The van der Waals surface area contributed by atoms with E-state index in [0.29, 0.717) is 15.8 Å². The minimum absolute atomic E-state index is 0.125. The van der Waals surface area contributed by atoms with Gasteiger partial charge >= 0.3 is 24.0 Å². The van der Waals surface area contributed by atoms with Gasteiger partial charge in [-0.1, -0.05) is 11.6 Å². The van der Waals surface area contributed by atoms with Crippen molar-refractivity contribution in [2.75, 3.05) is 7.11 Å². The zero-order chi connectivity index (χ0) is 28.5. The van der Waals surface area contributed by atoms with E-state index >= 15 is 0 Å². The number of esters is 1. The highest BCUT2D eigenvalue weighted by Gasteiger charge is 2.36. The summed E-state index contributed by atoms with van der Waals surface area (Å²) in [4.78, 5) is 32.9. The molecule has 39 heavy (non-hydrogen) atoms. The number of alkyl halides is 6. The Morgan fingerprint density at radius 1 is 1.05 bits per heavy atom. The van der Waals surface area contributed by atoms with E-state index in [0.717, 1.165) is 28.8 Å². The van der Waals surface area contributed by atoms with Gasteiger partial charge in [-0.2, -0.15) is 26.3 Å². The summed E-state index contributed by atoms with van der Waals surface area (Å²) in [6, 6.07) is 6.46. The van der Waals surface area contributed by atoms with Crippen LogP contribution in [0.5, 0.6) is 0 Å². The van der Waals surface area contributed by atoms with Gasteiger partial charge in [-0.25, -0.2) is 23.9 Å². The standard InChI is InChI=1S/C22H16ClF6N7O3/c1-39-19(37)18-31-16(32-36(18)15-10-30-8-6-14(15)22(27,28)29)11-35-20(38)34(9-7-21(24,25)26)17(33-35)12-2-4-13(23)5-3-12/h2-6,8,10H,7,9,11H2,1H3. The largest absolute Gasteiger partial charge is 0.463 e. The summed E-state index contributed by atoms with van der Waals surface area (Å²) >= 11 is 5.87. The van der Waals surface area contributed by atoms with Crippen LogP contribution in [0.1, 0.15) is 28.4 Å². The van der Waals surface area contributed by atoms with Gasteiger partial charge in [0, 0.05) is 23.3 Å². The summed E-state index contributed by atoms with van der Waals surface area (Å²) in [7, 11) is 0.972. The third kappa shape index (κ3) is 6.10. The lowest BCUT2D eigenvalue weighted by Gasteiger charge is -2.12. The predicted octanol–water partition coefficient (Wildman–Crippen LogP) is 4.15. The van der Waals surface area contributed by atoms with Crippen molar-refractivity contribution in [3.8, 4) is 17.1 Å². The second kappa shape index (κ2) is 10.5. The molecule has 4 aromatic rings. The molecule has 0 N–H and O–H groups in total. The van der Waals surface area contributed by atoms with Crippen LogP contribution in [0.4, 0.5) is 26.3 Å². The highest BCUT2D eigenvalue weighted by molar-refractivity contribution is 6.30. The molecule has 0 fully saturated rings. The van der Waals surface area contributed by atoms with Gasteiger partial charge in [0.15, 0.2) is 11.6 Å². The number of ether oxygens (including phenoxy) is 1. The van der Waals surface area contributed by atoms with Crippen molar-refractivity contribution in [2.45, 2.75) is 31.9 Å². The quantitative estimate of drug-likeness (QED) is 0.241. The van der Waals surface area contributed by atoms with Crippen LogP contribution in [0.2, 0.25) is 5.02 Å². The average Bonchev–Trinajstić information content (AvgIpc) is 3.43. The Balaban J connectivity index is 1.80. The average molecular weight is 576 g/mol. The lowest BCUT2D eigenvalue weighted by molar-refractivity contribution is -0.138. The van der Waals surface area contributed by atoms with E-state index in [4.69, 9.17) is 11.6 Å². The fourth-order valence-electron chi connectivity index (χ4n) is 3.54. The number of benzene rings is 1. The zero-order valence-electron chi connectivity index (χ0n) is 19.7. The van der Waals surface area contributed by atoms with Gasteiger partial charge in [-0.3, -0.25) is 9.55 Å². The van der Waals surface area contributed by atoms with Crippen LogP contribution in [-0.4, -0.2) is 53.4 Å². The molecule has 0 bridgehead atoms. The number of halogens is 7. The minimum Gasteiger partial charge on any atom is -0.463 e. The highest BCUT2D eigenvalue weighted by Crippen LogP contribution is 2.33. The van der Waals surface area contributed by atoms with Crippen LogP contribution in [0.15, 0.2) is 47.5 Å². The maximum absolute atomic E-state index is 13.6. The summed E-state index contributed by atoms with van der Waals surface area (Å²) in [6.07, 6.45) is -9.05. The van der Waals surface area contributed by atoms with Gasteiger partial charge < -0.3 is 4.74 Å². The van der Waals surface area contributed by atoms with Crippen molar-refractivity contribution in [3.05, 3.63) is 75.4 Å². The molecule has 1 aromatic carbocycles. The van der Waals surface area contributed by atoms with E-state index in [9.17, 15) is 35.9 Å². The molecule has 0 unspecified atom stereocenters. The number of rotatable bonds is 7. The molecule has 0 atom stereocenters. The van der Waals surface area contributed by atoms with E-state index in [1.54, 1.807) is 0 Å². The van der Waals surface area contributed by atoms with Crippen molar-refractivity contribution in [3.63, 3.8) is 0 Å². The van der Waals surface area contributed by atoms with Crippen molar-refractivity contribution in [1.29, 1.82) is 0 Å². The van der Waals surface area contributed by atoms with E-state index in [2.05, 4.69) is 24.9 Å². The summed E-state index contributed by atoms with van der Waals surface area (Å²) in [5, 5.41) is 8.36. The highest BCUT2D eigenvalue weighted by atomic mass is 35.5. The Bertz CT molecular complexity index is 1560. The lowest BCUT2D eigenvalue weighted by atomic mass is 10.2. The third-order valence-corrected chi connectivity index (χ3v) is 5.54. The monoisotopic (exact) mass is 575 g/mol. The van der Waals surface area contributed by atoms with Crippen molar-refractivity contribution in [2.24, 2.45) is 0 Å². The number of aromatic nitrogens is 7. The van der Waals surface area contributed by atoms with Crippen LogP contribution < -0.4 is 5.69 Å². The second-order valence-electron chi connectivity index (χ2n) is 7.93. The fraction of sp³-hybridized carbons (Fsp3) is 0.273. The van der Waals surface area contributed by atoms with Gasteiger partial charge in [0.2, 0.25) is 5.82 Å². The molecule has 0 saturated carbocycles. The first-order valence-corrected chi connectivity index (χ1v) is 11.2. The Labute approximate surface area is 219 Å². The Morgan fingerprint density at radius 3 is 2.36 bits per heavy atom. The first-order valence-electron chi connectivity index (χ1n) is 10.8. The number of carbonyl (C=O) groups excluding carboxylic acids is 1. The topological polar surface area (TPSA) is 110 Å². The summed E-state index contributed by atoms with van der Waals surface area (Å²) in [5.41, 5.74) is -2.53. The summed E-state index contributed by atoms with van der Waals surface area (Å²) < 4.78 is 86.3. The van der Waals surface area contributed by atoms with Crippen LogP contribution in [0, 0.1) is 0 Å². The van der Waals surface area contributed by atoms with Gasteiger partial charge in [-0.15, -0.1) is 10.2 Å². The number of hydrogen-bond acceptors (Lipinski definition) is 7. The summed E-state index contributed by atoms with van der Waals surface area (Å²) in [5.74, 6) is -2.28. The molecule has 3 heterocycles. The molecule has 0 radical (unpaired) electrons. The molecule has 0 saturated heterocycles. The molecular formula is C22H16ClF6N7O3. The molecule has 17 heteroatoms. The van der Waals surface area contributed by atoms with Crippen LogP contribution in [0.25, 0.3) is 17.1 Å². The molecule has 4 rings (SSSR count). The second-order valence-corrected chi connectivity index (χ2v) is 8.37. The third-order valence-electron chi connectivity index (χ3n) is 5.29. The normalized spacial score (nSPS) is 12.1. The van der Waals surface area contributed by atoms with Gasteiger partial charge in [0.05, 0.1) is 31.0 Å². The van der Waals surface area contributed by atoms with Crippen molar-refractivity contribution in [1.82, 2.24) is 34.1 Å². The SMILES string of the molecule is COC(=O)c1nc(Cn2nc(-c3ccc(Cl)cc3)n(CCC(F)(F)F)c2=O)nn1-c1cnccc1C(F)(F)F. The molecule has 3 aromatic heterocycles. The predicted molar refractivity (Wildman–Crippen MR) is 122 cm³/mol. The Morgan fingerprint density at radius 2 is 1.74 bits per heavy atom. The fourth-order valence-corrected chi connectivity index (χ4v) is 3.66. The van der Waals surface area contributed by atoms with Crippen molar-refractivity contribution >= 4 is 17.6 Å². The molecular weight excluding hydrogens is 560 g/mol. The molecule has 10 nitrogen and oxygen atoms in total. The number of hydrogen-bond donors (Lipinski definition) is 0. The zero-order valence-corrected chi connectivity index (χ0v) is 20.4. The number of nitrogens with zero attached hydrogens (tertiary/aromatic N) is 7. The molecule has 0 aliphatic carbocycles. The number of carbonyl (C=O) groups is 1. The molecule has 0 aliphatic rings. The molecule has 0 spiro atoms. The van der Waals surface area contributed by atoms with Crippen LogP contribution in [0.3, 0.4) is 0 Å². The first kappa shape index (κ1) is 27.8. The van der Waals surface area contributed by atoms with E-state index in [1.165, 1.54) is 24.3 Å². The number of methoxy groups -OCH3 is 1. The van der Waals surface area contributed by atoms with Crippen LogP contribution in [-0.2, 0) is 24.0 Å². The lowest BCUT2D eigenvalue weighted by Crippen LogP contribution is -2.27. The maximum atomic E-state index is 13.6. The Kier molecular flexibility index (Phi) is 7.50. The van der Waals surface area contributed by atoms with Gasteiger partial charge in [0.25, 0.3) is 0 Å². The minimum atomic E-state index is -4.85. The van der Waals surface area contributed by atoms with E-state index in [-0.39, 0.29) is 17.2 Å². The molecule has 206 valence electrons. The smallest absolute Gasteiger partial charge is 0.418 e. The van der Waals surface area contributed by atoms with E-state index < -0.39 is 60.6 Å². The Hall–Kier alpha value is -4.21. The van der Waals surface area contributed by atoms with Crippen molar-refractivity contribution < 1.29 is 35.9 Å². The first-order chi connectivity index (χ1) is 18.3. The van der Waals surface area contributed by atoms with Gasteiger partial charge in [0.1, 0.15) is 6.54 Å². The van der Waals surface area contributed by atoms with E-state index in [1.807, 2.05) is 0 Å².